The molecule has 1 aromatic rings. The van der Waals surface area contributed by atoms with Gasteiger partial charge in [0.05, 0.1) is 5.60 Å². The average molecular weight is 540 g/mol. The molecule has 1 fully saturated rings. The highest BCUT2D eigenvalue weighted by Gasteiger charge is 2.44. The molecule has 214 valence electrons. The van der Waals surface area contributed by atoms with Crippen molar-refractivity contribution in [1.29, 1.82) is 0 Å². The average Bonchev–Trinajstić information content (AvgIpc) is 2.79. The Morgan fingerprint density at radius 1 is 0.974 bits per heavy atom. The number of benzene rings is 1. The lowest BCUT2D eigenvalue weighted by Crippen LogP contribution is -2.44. The van der Waals surface area contributed by atoms with E-state index in [9.17, 15) is 22.8 Å². The van der Waals surface area contributed by atoms with E-state index >= 15 is 0 Å². The molecule has 0 saturated heterocycles. The van der Waals surface area contributed by atoms with Crippen molar-refractivity contribution in [2.45, 2.75) is 119 Å². The molecule has 1 saturated carbocycles. The van der Waals surface area contributed by atoms with E-state index < -0.39 is 29.8 Å². The standard InChI is InChI=1S/C30H44F3NO4/c1-16(2)21-11-10-17(3)14-24(21)37-27(35)26(38-29(7,8)9)25-19(5)18(4)23-15-34(28(36)30(31,32)33)13-12-22(23)20(25)6/h16-17,21,24,26H,10-15H2,1-9H3/t17-,21+,24-,26+/m1/s1. The second-order valence-corrected chi connectivity index (χ2v) is 12.6. The highest BCUT2D eigenvalue weighted by Crippen LogP contribution is 2.40. The minimum Gasteiger partial charge on any atom is -0.460 e. The van der Waals surface area contributed by atoms with Crippen LogP contribution >= 0.6 is 0 Å². The number of halogens is 3. The zero-order valence-corrected chi connectivity index (χ0v) is 24.3. The van der Waals surface area contributed by atoms with Crippen molar-refractivity contribution in [2.24, 2.45) is 17.8 Å². The van der Waals surface area contributed by atoms with Crippen LogP contribution in [-0.2, 0) is 32.0 Å². The number of esters is 1. The van der Waals surface area contributed by atoms with E-state index in [1.807, 2.05) is 41.5 Å². The Hall–Kier alpha value is -2.09. The first-order chi connectivity index (χ1) is 17.4. The number of carbonyl (C=O) groups is 2. The van der Waals surface area contributed by atoms with Crippen molar-refractivity contribution in [3.05, 3.63) is 33.4 Å². The van der Waals surface area contributed by atoms with Crippen LogP contribution in [0.15, 0.2) is 0 Å². The molecular formula is C30H44F3NO4. The molecule has 2 aliphatic rings. The third kappa shape index (κ3) is 6.54. The molecule has 5 nitrogen and oxygen atoms in total. The van der Waals surface area contributed by atoms with E-state index in [0.29, 0.717) is 11.8 Å². The Morgan fingerprint density at radius 2 is 1.61 bits per heavy atom. The van der Waals surface area contributed by atoms with Crippen LogP contribution in [0.1, 0.15) is 100 Å². The topological polar surface area (TPSA) is 55.8 Å². The van der Waals surface area contributed by atoms with E-state index in [4.69, 9.17) is 9.47 Å². The summed E-state index contributed by atoms with van der Waals surface area (Å²) in [5.74, 6) is -1.09. The van der Waals surface area contributed by atoms with Crippen LogP contribution < -0.4 is 0 Å². The summed E-state index contributed by atoms with van der Waals surface area (Å²) in [6.07, 6.45) is -2.81. The van der Waals surface area contributed by atoms with Crippen molar-refractivity contribution in [1.82, 2.24) is 4.90 Å². The number of alkyl halides is 3. The molecular weight excluding hydrogens is 495 g/mol. The van der Waals surface area contributed by atoms with E-state index in [0.717, 1.165) is 57.5 Å². The van der Waals surface area contributed by atoms with Gasteiger partial charge in [0.1, 0.15) is 6.10 Å². The number of amides is 1. The first kappa shape index (κ1) is 30.5. The van der Waals surface area contributed by atoms with Gasteiger partial charge >= 0.3 is 18.1 Å². The molecule has 8 heteroatoms. The molecule has 1 heterocycles. The lowest BCUT2D eigenvalue weighted by atomic mass is 9.75. The number of nitrogens with zero attached hydrogens (tertiary/aromatic N) is 1. The third-order valence-electron chi connectivity index (χ3n) is 8.33. The minimum absolute atomic E-state index is 0.0284. The molecule has 1 aliphatic carbocycles. The van der Waals surface area contributed by atoms with Gasteiger partial charge in [-0.1, -0.05) is 27.2 Å². The van der Waals surface area contributed by atoms with Crippen molar-refractivity contribution in [3.8, 4) is 0 Å². The van der Waals surface area contributed by atoms with Gasteiger partial charge in [-0.25, -0.2) is 4.79 Å². The van der Waals surface area contributed by atoms with Crippen LogP contribution in [-0.4, -0.2) is 41.2 Å². The maximum atomic E-state index is 13.9. The number of ether oxygens (including phenoxy) is 2. The fraction of sp³-hybridized carbons (Fsp3) is 0.733. The van der Waals surface area contributed by atoms with Gasteiger partial charge in [0.15, 0.2) is 6.10 Å². The second kappa shape index (κ2) is 11.2. The van der Waals surface area contributed by atoms with Crippen LogP contribution in [0.25, 0.3) is 0 Å². The first-order valence-corrected chi connectivity index (χ1v) is 13.8. The van der Waals surface area contributed by atoms with Crippen LogP contribution in [0.2, 0.25) is 0 Å². The lowest BCUT2D eigenvalue weighted by Gasteiger charge is -2.39. The van der Waals surface area contributed by atoms with Gasteiger partial charge in [0, 0.05) is 13.1 Å². The summed E-state index contributed by atoms with van der Waals surface area (Å²) >= 11 is 0. The van der Waals surface area contributed by atoms with E-state index in [-0.39, 0.29) is 31.5 Å². The normalized spacial score (nSPS) is 23.3. The van der Waals surface area contributed by atoms with E-state index in [1.165, 1.54) is 0 Å². The molecule has 3 rings (SSSR count). The van der Waals surface area contributed by atoms with Gasteiger partial charge in [-0.3, -0.25) is 4.79 Å². The summed E-state index contributed by atoms with van der Waals surface area (Å²) in [4.78, 5) is 26.7. The van der Waals surface area contributed by atoms with E-state index in [1.54, 1.807) is 0 Å². The quantitative estimate of drug-likeness (QED) is 0.381. The molecule has 0 radical (unpaired) electrons. The Morgan fingerprint density at radius 3 is 2.16 bits per heavy atom. The summed E-state index contributed by atoms with van der Waals surface area (Å²) in [5.41, 5.74) is 4.08. The molecule has 0 bridgehead atoms. The fourth-order valence-electron chi connectivity index (χ4n) is 6.18. The maximum absolute atomic E-state index is 13.9. The van der Waals surface area contributed by atoms with Gasteiger partial charge in [-0.15, -0.1) is 0 Å². The molecule has 0 N–H and O–H groups in total. The van der Waals surface area contributed by atoms with Gasteiger partial charge < -0.3 is 14.4 Å². The second-order valence-electron chi connectivity index (χ2n) is 12.6. The molecule has 1 aliphatic heterocycles. The fourth-order valence-corrected chi connectivity index (χ4v) is 6.18. The summed E-state index contributed by atoms with van der Waals surface area (Å²) in [5, 5.41) is 0. The maximum Gasteiger partial charge on any atom is 0.471 e. The first-order valence-electron chi connectivity index (χ1n) is 13.8. The largest absolute Gasteiger partial charge is 0.471 e. The Bertz CT molecular complexity index is 1060. The van der Waals surface area contributed by atoms with Gasteiger partial charge in [0.2, 0.25) is 0 Å². The van der Waals surface area contributed by atoms with Crippen molar-refractivity contribution < 1.29 is 32.2 Å². The Kier molecular flexibility index (Phi) is 8.96. The Balaban J connectivity index is 2.02. The molecule has 1 amide bonds. The zero-order chi connectivity index (χ0) is 28.7. The van der Waals surface area contributed by atoms with Gasteiger partial charge in [-0.2, -0.15) is 13.2 Å². The highest BCUT2D eigenvalue weighted by atomic mass is 19.4. The smallest absolute Gasteiger partial charge is 0.460 e. The number of rotatable bonds is 5. The number of hydrogen-bond acceptors (Lipinski definition) is 4. The van der Waals surface area contributed by atoms with Crippen LogP contribution in [0, 0.1) is 38.5 Å². The van der Waals surface area contributed by atoms with Crippen molar-refractivity contribution in [3.63, 3.8) is 0 Å². The third-order valence-corrected chi connectivity index (χ3v) is 8.33. The predicted octanol–water partition coefficient (Wildman–Crippen LogP) is 6.92. The molecule has 4 atom stereocenters. The summed E-state index contributed by atoms with van der Waals surface area (Å²) < 4.78 is 52.0. The number of hydrogen-bond donors (Lipinski definition) is 0. The van der Waals surface area contributed by atoms with Gasteiger partial charge in [0.25, 0.3) is 0 Å². The summed E-state index contributed by atoms with van der Waals surface area (Å²) in [6, 6.07) is 0. The zero-order valence-electron chi connectivity index (χ0n) is 24.3. The predicted molar refractivity (Wildman–Crippen MR) is 141 cm³/mol. The van der Waals surface area contributed by atoms with E-state index in [2.05, 4.69) is 20.8 Å². The molecule has 38 heavy (non-hydrogen) atoms. The van der Waals surface area contributed by atoms with Crippen molar-refractivity contribution >= 4 is 11.9 Å². The van der Waals surface area contributed by atoms with Crippen LogP contribution in [0.3, 0.4) is 0 Å². The molecule has 0 spiro atoms. The summed E-state index contributed by atoms with van der Waals surface area (Å²) in [7, 11) is 0. The molecule has 0 unspecified atom stereocenters. The van der Waals surface area contributed by atoms with Gasteiger partial charge in [-0.05, 0) is 112 Å². The number of carbonyl (C=O) groups excluding carboxylic acids is 2. The molecule has 1 aromatic carbocycles. The van der Waals surface area contributed by atoms with Crippen LogP contribution in [0.5, 0.6) is 0 Å². The van der Waals surface area contributed by atoms with Crippen molar-refractivity contribution in [2.75, 3.05) is 6.54 Å². The summed E-state index contributed by atoms with van der Waals surface area (Å²) in [6.45, 7) is 17.7. The minimum atomic E-state index is -4.91. The molecule has 0 aromatic heterocycles. The SMILES string of the molecule is Cc1c(C)c([C@H](OC(C)(C)C)C(=O)O[C@@H]2C[C@H](C)CC[C@H]2C(C)C)c(C)c2c1CN(C(=O)C(F)(F)F)CC2. The van der Waals surface area contributed by atoms with Crippen LogP contribution in [0.4, 0.5) is 13.2 Å². The Labute approximate surface area is 225 Å². The number of fused-ring (bicyclic) bond motifs is 1. The monoisotopic (exact) mass is 539 g/mol. The highest BCUT2D eigenvalue weighted by molar-refractivity contribution is 5.82. The lowest BCUT2D eigenvalue weighted by molar-refractivity contribution is -0.186.